The first-order valence-electron chi connectivity index (χ1n) is 12.7. The van der Waals surface area contributed by atoms with Gasteiger partial charge in [0.2, 0.25) is 5.95 Å². The minimum absolute atomic E-state index is 0.0134. The van der Waals surface area contributed by atoms with Crippen LogP contribution >= 0.6 is 7.82 Å². The molecule has 0 aromatic carbocycles. The Morgan fingerprint density at radius 1 is 1.00 bits per heavy atom. The Morgan fingerprint density at radius 3 is 2.39 bits per heavy atom. The quantitative estimate of drug-likeness (QED) is 0.0808. The topological polar surface area (TPSA) is 331 Å². The summed E-state index contributed by atoms with van der Waals surface area (Å²) in [7, 11) is -5.10. The summed E-state index contributed by atoms with van der Waals surface area (Å²) >= 11 is 0. The Balaban J connectivity index is 1.19. The van der Waals surface area contributed by atoms with E-state index in [1.807, 2.05) is 0 Å². The molecule has 2 aliphatic rings. The third-order valence-corrected chi connectivity index (χ3v) is 8.06. The van der Waals surface area contributed by atoms with Crippen LogP contribution in [-0.4, -0.2) is 120 Å². The number of carbonyl (C=O) groups is 1. The number of H-pyrrole nitrogens is 1. The molecule has 2 saturated heterocycles. The molecule has 2 aliphatic heterocycles. The SMILES string of the molecule is NC(=O)c1ncnc2c1ncn2[C@@H]1O[C@H](COP(=O)(O)O[C@@H]2[C@H](O)[C@@H](CO)O[C@H]2n2cnc3c(=O)[nH]c(N)nc32)[C@@H](O)[C@H]1O. The molecule has 1 amide bonds. The number of imidazole rings is 2. The number of ether oxygens (including phenoxy) is 2. The molecule has 4 aromatic heterocycles. The van der Waals surface area contributed by atoms with Gasteiger partial charge in [0.05, 0.1) is 25.9 Å². The number of aromatic amines is 1. The van der Waals surface area contributed by atoms with Gasteiger partial charge in [0.15, 0.2) is 35.0 Å². The van der Waals surface area contributed by atoms with E-state index < -0.39 is 81.6 Å². The van der Waals surface area contributed by atoms with Gasteiger partial charge in [-0.05, 0) is 0 Å². The molecule has 6 heterocycles. The van der Waals surface area contributed by atoms with E-state index >= 15 is 0 Å². The molecule has 10 N–H and O–H groups in total. The number of carbonyl (C=O) groups excluding carboxylic acids is 1. The second kappa shape index (κ2) is 11.2. The number of phosphoric ester groups is 1. The van der Waals surface area contributed by atoms with Crippen LogP contribution in [0.2, 0.25) is 0 Å². The van der Waals surface area contributed by atoms with Crippen LogP contribution in [0.15, 0.2) is 23.8 Å². The van der Waals surface area contributed by atoms with Gasteiger partial charge in [0, 0.05) is 0 Å². The normalized spacial score (nSPS) is 30.3. The van der Waals surface area contributed by atoms with Crippen LogP contribution in [0.3, 0.4) is 0 Å². The van der Waals surface area contributed by atoms with E-state index in [-0.39, 0.29) is 34.0 Å². The predicted molar refractivity (Wildman–Crippen MR) is 140 cm³/mol. The van der Waals surface area contributed by atoms with Gasteiger partial charge in [0.1, 0.15) is 48.5 Å². The van der Waals surface area contributed by atoms with E-state index in [0.717, 1.165) is 17.2 Å². The molecule has 0 aliphatic carbocycles. The number of anilines is 1. The van der Waals surface area contributed by atoms with Crippen molar-refractivity contribution in [2.24, 2.45) is 5.73 Å². The second-order valence-corrected chi connectivity index (χ2v) is 11.2. The molecule has 9 atom stereocenters. The minimum atomic E-state index is -5.10. The molecule has 1 unspecified atom stereocenters. The first-order valence-corrected chi connectivity index (χ1v) is 14.2. The average Bonchev–Trinajstić information content (AvgIpc) is 3.73. The fraction of sp³-hybridized carbons (Fsp3) is 0.476. The highest BCUT2D eigenvalue weighted by Gasteiger charge is 2.50. The molecular weight excluding hydrogens is 615 g/mol. The molecule has 22 nitrogen and oxygen atoms in total. The number of nitrogens with zero attached hydrogens (tertiary/aromatic N) is 7. The summed E-state index contributed by atoms with van der Waals surface area (Å²) in [4.78, 5) is 56.4. The fourth-order valence-corrected chi connectivity index (χ4v) is 5.94. The van der Waals surface area contributed by atoms with E-state index in [0.29, 0.717) is 0 Å². The van der Waals surface area contributed by atoms with Crippen LogP contribution in [0, 0.1) is 0 Å². The summed E-state index contributed by atoms with van der Waals surface area (Å²) in [5.74, 6) is -1.14. The highest BCUT2D eigenvalue weighted by Crippen LogP contribution is 2.50. The molecule has 6 rings (SSSR count). The molecule has 0 radical (unpaired) electrons. The zero-order valence-electron chi connectivity index (χ0n) is 22.1. The number of aliphatic hydroxyl groups is 4. The maximum atomic E-state index is 13.0. The van der Waals surface area contributed by atoms with E-state index in [9.17, 15) is 39.5 Å². The number of fused-ring (bicyclic) bond motifs is 2. The molecular formula is C21H25N10O12P. The molecule has 0 saturated carbocycles. The lowest BCUT2D eigenvalue weighted by Crippen LogP contribution is -2.36. The standard InChI is InChI=1S/C21H25N10O12P/c22-15(36)8-9-16(25-3-24-8)30(4-26-9)19-13(35)11(33)7(42-19)2-40-44(38,39)43-14-12(34)6(1-32)41-20(14)31-5-27-10-17(31)28-21(23)29-18(10)37/h3-7,11-14,19-20,32-35H,1-2H2,(H2,22,36)(H,38,39)(H3,23,28,29,37)/t6-,7-,11-,12-,13-,14-,19-,20-/m1/s1. The van der Waals surface area contributed by atoms with Crippen LogP contribution in [0.5, 0.6) is 0 Å². The Morgan fingerprint density at radius 2 is 1.68 bits per heavy atom. The molecule has 0 spiro atoms. The molecule has 23 heteroatoms. The van der Waals surface area contributed by atoms with Gasteiger partial charge in [-0.1, -0.05) is 0 Å². The largest absolute Gasteiger partial charge is 0.472 e. The van der Waals surface area contributed by atoms with Gasteiger partial charge >= 0.3 is 7.82 Å². The van der Waals surface area contributed by atoms with E-state index in [4.69, 9.17) is 30.0 Å². The summed E-state index contributed by atoms with van der Waals surface area (Å²) in [6.45, 7) is -1.51. The van der Waals surface area contributed by atoms with E-state index in [1.165, 1.54) is 10.9 Å². The van der Waals surface area contributed by atoms with Crippen molar-refractivity contribution in [3.8, 4) is 0 Å². The van der Waals surface area contributed by atoms with Crippen molar-refractivity contribution >= 4 is 42.0 Å². The summed E-state index contributed by atoms with van der Waals surface area (Å²) in [5, 5.41) is 41.6. The van der Waals surface area contributed by atoms with Gasteiger partial charge in [-0.25, -0.2) is 24.5 Å². The summed E-state index contributed by atoms with van der Waals surface area (Å²) < 4.78 is 36.9. The van der Waals surface area contributed by atoms with Crippen LogP contribution < -0.4 is 17.0 Å². The van der Waals surface area contributed by atoms with Gasteiger partial charge in [0.25, 0.3) is 11.5 Å². The van der Waals surface area contributed by atoms with Crippen molar-refractivity contribution in [3.05, 3.63) is 35.0 Å². The summed E-state index contributed by atoms with van der Waals surface area (Å²) in [5.41, 5.74) is 9.86. The maximum absolute atomic E-state index is 13.0. The lowest BCUT2D eigenvalue weighted by atomic mass is 10.1. The molecule has 2 fully saturated rings. The number of nitrogens with two attached hydrogens (primary N) is 2. The van der Waals surface area contributed by atoms with Crippen molar-refractivity contribution in [3.63, 3.8) is 0 Å². The number of aliphatic hydroxyl groups excluding tert-OH is 4. The number of nitrogen functional groups attached to an aromatic ring is 1. The Labute approximate surface area is 243 Å². The van der Waals surface area contributed by atoms with Crippen LogP contribution in [0.4, 0.5) is 5.95 Å². The predicted octanol–water partition coefficient (Wildman–Crippen LogP) is -3.99. The zero-order chi connectivity index (χ0) is 31.5. The molecule has 4 aromatic rings. The molecule has 44 heavy (non-hydrogen) atoms. The van der Waals surface area contributed by atoms with Crippen molar-refractivity contribution in [2.45, 2.75) is 49.1 Å². The fourth-order valence-electron chi connectivity index (χ4n) is 5.00. The number of aromatic nitrogens is 8. The van der Waals surface area contributed by atoms with Gasteiger partial charge in [-0.3, -0.25) is 32.8 Å². The highest BCUT2D eigenvalue weighted by molar-refractivity contribution is 7.47. The minimum Gasteiger partial charge on any atom is -0.394 e. The monoisotopic (exact) mass is 640 g/mol. The highest BCUT2D eigenvalue weighted by atomic mass is 31.2. The summed E-state index contributed by atoms with van der Waals surface area (Å²) in [6, 6.07) is 0. The van der Waals surface area contributed by atoms with Gasteiger partial charge in [-0.2, -0.15) is 4.98 Å². The summed E-state index contributed by atoms with van der Waals surface area (Å²) in [6.07, 6.45) is -8.73. The Hall–Kier alpha value is -3.96. The smallest absolute Gasteiger partial charge is 0.394 e. The lowest BCUT2D eigenvalue weighted by Gasteiger charge is -2.24. The zero-order valence-corrected chi connectivity index (χ0v) is 23.0. The van der Waals surface area contributed by atoms with E-state index in [1.54, 1.807) is 0 Å². The second-order valence-electron chi connectivity index (χ2n) is 9.80. The number of rotatable bonds is 9. The third kappa shape index (κ3) is 5.11. The first-order chi connectivity index (χ1) is 20.9. The average molecular weight is 640 g/mol. The first kappa shape index (κ1) is 30.1. The third-order valence-electron chi connectivity index (χ3n) is 7.08. The number of hydrogen-bond donors (Lipinski definition) is 8. The van der Waals surface area contributed by atoms with Crippen LogP contribution in [-0.2, 0) is 23.1 Å². The number of nitrogens with one attached hydrogen (secondary N) is 1. The number of primary amides is 1. The Kier molecular flexibility index (Phi) is 7.65. The lowest BCUT2D eigenvalue weighted by molar-refractivity contribution is -0.0615. The van der Waals surface area contributed by atoms with Crippen molar-refractivity contribution in [1.29, 1.82) is 0 Å². The maximum Gasteiger partial charge on any atom is 0.472 e. The number of hydrogen-bond acceptors (Lipinski definition) is 17. The van der Waals surface area contributed by atoms with Crippen LogP contribution in [0.25, 0.3) is 22.3 Å². The van der Waals surface area contributed by atoms with Crippen LogP contribution in [0.1, 0.15) is 22.9 Å². The molecule has 0 bridgehead atoms. The Bertz CT molecular complexity index is 1830. The van der Waals surface area contributed by atoms with Gasteiger partial charge in [-0.15, -0.1) is 0 Å². The van der Waals surface area contributed by atoms with Crippen molar-refractivity contribution < 1.29 is 53.2 Å². The van der Waals surface area contributed by atoms with Gasteiger partial charge < -0.3 is 46.3 Å². The molecule has 236 valence electrons. The number of phosphoric acid groups is 1. The van der Waals surface area contributed by atoms with E-state index in [2.05, 4.69) is 29.9 Å². The van der Waals surface area contributed by atoms with Crippen molar-refractivity contribution in [1.82, 2.24) is 39.0 Å². The van der Waals surface area contributed by atoms with Crippen molar-refractivity contribution in [2.75, 3.05) is 18.9 Å². The number of amides is 1.